The third-order valence-electron chi connectivity index (χ3n) is 2.63. The van der Waals surface area contributed by atoms with Gasteiger partial charge in [-0.3, -0.25) is 0 Å². The first-order valence-corrected chi connectivity index (χ1v) is 7.17. The lowest BCUT2D eigenvalue weighted by atomic mass is 10.3. The Kier molecular flexibility index (Phi) is 4.98. The highest BCUT2D eigenvalue weighted by molar-refractivity contribution is 7.89. The molecule has 0 unspecified atom stereocenters. The fourth-order valence-electron chi connectivity index (χ4n) is 1.40. The summed E-state index contributed by atoms with van der Waals surface area (Å²) in [6.07, 6.45) is 0.729. The Hall–Kier alpha value is -1.27. The Morgan fingerprint density at radius 3 is 2.33 bits per heavy atom. The highest BCUT2D eigenvalue weighted by atomic mass is 32.2. The second-order valence-corrected chi connectivity index (χ2v) is 5.66. The van der Waals surface area contributed by atoms with Gasteiger partial charge in [-0.25, -0.2) is 13.1 Å². The summed E-state index contributed by atoms with van der Waals surface area (Å²) >= 11 is 0. The van der Waals surface area contributed by atoms with Crippen LogP contribution < -0.4 is 14.2 Å². The minimum Gasteiger partial charge on any atom is -0.493 e. The van der Waals surface area contributed by atoms with Gasteiger partial charge >= 0.3 is 0 Å². The van der Waals surface area contributed by atoms with E-state index in [-0.39, 0.29) is 10.9 Å². The quantitative estimate of drug-likeness (QED) is 0.858. The number of sulfonamides is 1. The maximum absolute atomic E-state index is 12.1. The second kappa shape index (κ2) is 6.06. The lowest BCUT2D eigenvalue weighted by Crippen LogP contribution is -2.31. The van der Waals surface area contributed by atoms with Crippen molar-refractivity contribution in [2.45, 2.75) is 31.2 Å². The van der Waals surface area contributed by atoms with Crippen molar-refractivity contribution >= 4 is 10.0 Å². The number of hydrogen-bond acceptors (Lipinski definition) is 4. The molecule has 1 aromatic carbocycles. The Morgan fingerprint density at radius 2 is 1.83 bits per heavy atom. The fraction of sp³-hybridized carbons (Fsp3) is 0.500. The van der Waals surface area contributed by atoms with Gasteiger partial charge in [-0.2, -0.15) is 0 Å². The van der Waals surface area contributed by atoms with Crippen LogP contribution in [0.4, 0.5) is 0 Å². The van der Waals surface area contributed by atoms with E-state index in [2.05, 4.69) is 4.72 Å². The third-order valence-corrected chi connectivity index (χ3v) is 4.22. The van der Waals surface area contributed by atoms with Crippen LogP contribution in [0.2, 0.25) is 0 Å². The molecule has 0 spiro atoms. The lowest BCUT2D eigenvalue weighted by molar-refractivity contribution is 0.354. The molecule has 0 saturated heterocycles. The Balaban J connectivity index is 3.10. The topological polar surface area (TPSA) is 64.6 Å². The van der Waals surface area contributed by atoms with Crippen molar-refractivity contribution in [3.63, 3.8) is 0 Å². The van der Waals surface area contributed by atoms with E-state index in [1.165, 1.54) is 26.4 Å². The van der Waals surface area contributed by atoms with E-state index in [0.29, 0.717) is 11.5 Å². The zero-order valence-corrected chi connectivity index (χ0v) is 11.9. The summed E-state index contributed by atoms with van der Waals surface area (Å²) < 4.78 is 36.9. The number of hydrogen-bond donors (Lipinski definition) is 1. The van der Waals surface area contributed by atoms with Crippen molar-refractivity contribution in [1.29, 1.82) is 0 Å². The first-order chi connectivity index (χ1) is 8.44. The van der Waals surface area contributed by atoms with Crippen LogP contribution in [0, 0.1) is 0 Å². The first-order valence-electron chi connectivity index (χ1n) is 5.69. The average molecular weight is 273 g/mol. The summed E-state index contributed by atoms with van der Waals surface area (Å²) in [5.74, 6) is 0.893. The van der Waals surface area contributed by atoms with Crippen molar-refractivity contribution in [3.05, 3.63) is 18.2 Å². The van der Waals surface area contributed by atoms with Crippen LogP contribution in [0.15, 0.2) is 23.1 Å². The lowest BCUT2D eigenvalue weighted by Gasteiger charge is -2.14. The van der Waals surface area contributed by atoms with Crippen LogP contribution in [-0.4, -0.2) is 28.7 Å². The Bertz CT molecular complexity index is 499. The zero-order valence-electron chi connectivity index (χ0n) is 11.1. The summed E-state index contributed by atoms with van der Waals surface area (Å²) in [5, 5.41) is 0. The predicted molar refractivity (Wildman–Crippen MR) is 69.6 cm³/mol. The van der Waals surface area contributed by atoms with Crippen LogP contribution in [0.1, 0.15) is 20.3 Å². The van der Waals surface area contributed by atoms with Crippen LogP contribution in [-0.2, 0) is 10.0 Å². The molecular weight excluding hydrogens is 254 g/mol. The molecule has 0 bridgehead atoms. The fourth-order valence-corrected chi connectivity index (χ4v) is 2.74. The van der Waals surface area contributed by atoms with E-state index in [9.17, 15) is 8.42 Å². The molecule has 0 amide bonds. The molecule has 0 aliphatic rings. The van der Waals surface area contributed by atoms with Gasteiger partial charge in [-0.1, -0.05) is 6.92 Å². The van der Waals surface area contributed by atoms with E-state index in [4.69, 9.17) is 9.47 Å². The third kappa shape index (κ3) is 3.36. The molecule has 1 aromatic rings. The molecule has 0 aliphatic heterocycles. The molecule has 6 heteroatoms. The van der Waals surface area contributed by atoms with E-state index in [1.54, 1.807) is 6.07 Å². The standard InChI is InChI=1S/C12H19NO4S/c1-5-9(2)13-18(14,15)10-6-7-11(16-3)12(8-10)17-4/h6-9,13H,5H2,1-4H3/t9-/m1/s1. The van der Waals surface area contributed by atoms with Crippen LogP contribution >= 0.6 is 0 Å². The summed E-state index contributed by atoms with van der Waals surface area (Å²) in [6.45, 7) is 3.74. The number of ether oxygens (including phenoxy) is 2. The molecule has 1 N–H and O–H groups in total. The molecular formula is C12H19NO4S. The average Bonchev–Trinajstić information content (AvgIpc) is 2.37. The maximum atomic E-state index is 12.1. The molecule has 0 saturated carbocycles. The number of benzene rings is 1. The van der Waals surface area contributed by atoms with E-state index in [1.807, 2.05) is 13.8 Å². The van der Waals surface area contributed by atoms with Gasteiger partial charge in [0.1, 0.15) is 0 Å². The molecule has 1 atom stereocenters. The van der Waals surface area contributed by atoms with Crippen molar-refractivity contribution in [2.24, 2.45) is 0 Å². The Morgan fingerprint density at radius 1 is 1.22 bits per heavy atom. The molecule has 18 heavy (non-hydrogen) atoms. The number of methoxy groups -OCH3 is 2. The molecule has 0 aromatic heterocycles. The minimum atomic E-state index is -3.51. The zero-order chi connectivity index (χ0) is 13.8. The summed E-state index contributed by atoms with van der Waals surface area (Å²) in [4.78, 5) is 0.167. The van der Waals surface area contributed by atoms with E-state index in [0.717, 1.165) is 6.42 Å². The van der Waals surface area contributed by atoms with Crippen molar-refractivity contribution in [1.82, 2.24) is 4.72 Å². The van der Waals surface area contributed by atoms with Crippen molar-refractivity contribution in [2.75, 3.05) is 14.2 Å². The van der Waals surface area contributed by atoms with Gasteiger partial charge < -0.3 is 9.47 Å². The normalized spacial score (nSPS) is 13.1. The summed E-state index contributed by atoms with van der Waals surface area (Å²) in [6, 6.07) is 4.41. The van der Waals surface area contributed by atoms with E-state index >= 15 is 0 Å². The molecule has 1 rings (SSSR count). The molecule has 5 nitrogen and oxygen atoms in total. The van der Waals surface area contributed by atoms with Crippen LogP contribution in [0.25, 0.3) is 0 Å². The molecule has 0 aliphatic carbocycles. The van der Waals surface area contributed by atoms with Gasteiger partial charge in [0, 0.05) is 12.1 Å². The maximum Gasteiger partial charge on any atom is 0.240 e. The highest BCUT2D eigenvalue weighted by Gasteiger charge is 2.18. The van der Waals surface area contributed by atoms with Crippen LogP contribution in [0.3, 0.4) is 0 Å². The predicted octanol–water partition coefficient (Wildman–Crippen LogP) is 1.78. The molecule has 102 valence electrons. The molecule has 0 heterocycles. The second-order valence-electron chi connectivity index (χ2n) is 3.95. The summed E-state index contributed by atoms with van der Waals surface area (Å²) in [7, 11) is -0.543. The van der Waals surface area contributed by atoms with E-state index < -0.39 is 10.0 Å². The van der Waals surface area contributed by atoms with Gasteiger partial charge in [-0.15, -0.1) is 0 Å². The van der Waals surface area contributed by atoms with Gasteiger partial charge in [0.25, 0.3) is 0 Å². The minimum absolute atomic E-state index is 0.108. The van der Waals surface area contributed by atoms with Gasteiger partial charge in [0.05, 0.1) is 19.1 Å². The molecule has 0 radical (unpaired) electrons. The van der Waals surface area contributed by atoms with Crippen LogP contribution in [0.5, 0.6) is 11.5 Å². The summed E-state index contributed by atoms with van der Waals surface area (Å²) in [5.41, 5.74) is 0. The van der Waals surface area contributed by atoms with Crippen molar-refractivity contribution in [3.8, 4) is 11.5 Å². The van der Waals surface area contributed by atoms with Gasteiger partial charge in [0.15, 0.2) is 11.5 Å². The van der Waals surface area contributed by atoms with Gasteiger partial charge in [-0.05, 0) is 25.5 Å². The first kappa shape index (κ1) is 14.8. The SMILES string of the molecule is CC[C@@H](C)NS(=O)(=O)c1ccc(OC)c(OC)c1. The highest BCUT2D eigenvalue weighted by Crippen LogP contribution is 2.29. The number of rotatable bonds is 6. The smallest absolute Gasteiger partial charge is 0.240 e. The largest absolute Gasteiger partial charge is 0.493 e. The number of nitrogens with one attached hydrogen (secondary N) is 1. The Labute approximate surface area is 108 Å². The monoisotopic (exact) mass is 273 g/mol. The van der Waals surface area contributed by atoms with Gasteiger partial charge in [0.2, 0.25) is 10.0 Å². The van der Waals surface area contributed by atoms with Crippen molar-refractivity contribution < 1.29 is 17.9 Å². The molecule has 0 fully saturated rings.